The summed E-state index contributed by atoms with van der Waals surface area (Å²) in [5.74, 6) is 1.42. The fourth-order valence-electron chi connectivity index (χ4n) is 2.18. The van der Waals surface area contributed by atoms with Gasteiger partial charge in [0.25, 0.3) is 5.91 Å². The summed E-state index contributed by atoms with van der Waals surface area (Å²) < 4.78 is 5.33. The van der Waals surface area contributed by atoms with Crippen LogP contribution in [-0.2, 0) is 6.54 Å². The number of hydrogen-bond donors (Lipinski definition) is 2. The summed E-state index contributed by atoms with van der Waals surface area (Å²) in [6.07, 6.45) is 3.68. The molecule has 1 amide bonds. The molecule has 23 heavy (non-hydrogen) atoms. The van der Waals surface area contributed by atoms with Gasteiger partial charge in [-0.05, 0) is 24.6 Å². The van der Waals surface area contributed by atoms with Crippen molar-refractivity contribution in [2.45, 2.75) is 26.3 Å². The number of amides is 1. The Morgan fingerprint density at radius 3 is 2.87 bits per heavy atom. The lowest BCUT2D eigenvalue weighted by Crippen LogP contribution is -2.24. The number of aromatic nitrogens is 1. The summed E-state index contributed by atoms with van der Waals surface area (Å²) in [4.78, 5) is 16.3. The van der Waals surface area contributed by atoms with Crippen LogP contribution in [0.3, 0.4) is 0 Å². The Hall–Kier alpha value is -2.56. The van der Waals surface area contributed by atoms with Crippen molar-refractivity contribution >= 4 is 11.7 Å². The number of rotatable bonds is 8. The van der Waals surface area contributed by atoms with Crippen LogP contribution in [0.25, 0.3) is 0 Å². The van der Waals surface area contributed by atoms with E-state index in [0.717, 1.165) is 24.2 Å². The van der Waals surface area contributed by atoms with Gasteiger partial charge in [-0.1, -0.05) is 31.5 Å². The van der Waals surface area contributed by atoms with Gasteiger partial charge in [0, 0.05) is 30.4 Å². The first-order valence-electron chi connectivity index (χ1n) is 7.84. The summed E-state index contributed by atoms with van der Waals surface area (Å²) in [6.45, 7) is 3.37. The van der Waals surface area contributed by atoms with Crippen LogP contribution in [0.1, 0.15) is 35.7 Å². The van der Waals surface area contributed by atoms with E-state index in [1.807, 2.05) is 24.3 Å². The molecule has 2 N–H and O–H groups in total. The number of nitrogens with one attached hydrogen (secondary N) is 2. The van der Waals surface area contributed by atoms with Crippen molar-refractivity contribution in [1.29, 1.82) is 0 Å². The number of unbranched alkanes of at least 4 members (excludes halogenated alkanes) is 1. The molecule has 0 fully saturated rings. The Morgan fingerprint density at radius 1 is 1.26 bits per heavy atom. The molecule has 0 saturated heterocycles. The number of carbonyl (C=O) groups is 1. The van der Waals surface area contributed by atoms with Crippen LogP contribution in [-0.4, -0.2) is 24.5 Å². The zero-order valence-electron chi connectivity index (χ0n) is 13.6. The van der Waals surface area contributed by atoms with E-state index in [2.05, 4.69) is 22.5 Å². The maximum absolute atomic E-state index is 12.1. The predicted molar refractivity (Wildman–Crippen MR) is 91.8 cm³/mol. The largest absolute Gasteiger partial charge is 0.496 e. The first-order valence-corrected chi connectivity index (χ1v) is 7.84. The second kappa shape index (κ2) is 8.78. The Balaban J connectivity index is 1.98. The van der Waals surface area contributed by atoms with Gasteiger partial charge in [0.05, 0.1) is 7.11 Å². The summed E-state index contributed by atoms with van der Waals surface area (Å²) in [5, 5.41) is 6.13. The molecule has 0 aliphatic carbocycles. The summed E-state index contributed by atoms with van der Waals surface area (Å²) in [6, 6.07) is 11.3. The predicted octanol–water partition coefficient (Wildman–Crippen LogP) is 3.23. The van der Waals surface area contributed by atoms with E-state index in [-0.39, 0.29) is 5.91 Å². The molecule has 2 aromatic rings. The average molecular weight is 313 g/mol. The molecule has 0 saturated carbocycles. The maximum atomic E-state index is 12.1. The number of pyridine rings is 1. The van der Waals surface area contributed by atoms with Gasteiger partial charge in [-0.25, -0.2) is 4.98 Å². The maximum Gasteiger partial charge on any atom is 0.251 e. The molecule has 5 nitrogen and oxygen atoms in total. The molecular formula is C18H23N3O2. The minimum atomic E-state index is -0.0683. The number of nitrogens with zero attached hydrogens (tertiary/aromatic N) is 1. The number of methoxy groups -OCH3 is 1. The van der Waals surface area contributed by atoms with E-state index in [1.54, 1.807) is 25.4 Å². The normalized spacial score (nSPS) is 10.2. The van der Waals surface area contributed by atoms with Crippen molar-refractivity contribution in [2.24, 2.45) is 0 Å². The molecule has 1 aromatic heterocycles. The molecule has 0 atom stereocenters. The molecule has 0 aliphatic heterocycles. The summed E-state index contributed by atoms with van der Waals surface area (Å²) >= 11 is 0. The van der Waals surface area contributed by atoms with Crippen LogP contribution < -0.4 is 15.4 Å². The Morgan fingerprint density at radius 2 is 2.09 bits per heavy atom. The minimum absolute atomic E-state index is 0.0683. The van der Waals surface area contributed by atoms with Crippen LogP contribution in [0.4, 0.5) is 5.82 Å². The monoisotopic (exact) mass is 313 g/mol. The molecule has 0 bridgehead atoms. The summed E-state index contributed by atoms with van der Waals surface area (Å²) in [5.41, 5.74) is 1.65. The molecule has 0 spiro atoms. The molecule has 2 rings (SSSR count). The lowest BCUT2D eigenvalue weighted by Gasteiger charge is -2.10. The fraction of sp³-hybridized carbons (Fsp3) is 0.333. The molecule has 1 aromatic carbocycles. The second-order valence-corrected chi connectivity index (χ2v) is 5.20. The third kappa shape index (κ3) is 4.98. The molecule has 0 aliphatic rings. The van der Waals surface area contributed by atoms with Crippen molar-refractivity contribution < 1.29 is 9.53 Å². The smallest absolute Gasteiger partial charge is 0.251 e. The molecular weight excluding hydrogens is 290 g/mol. The zero-order valence-corrected chi connectivity index (χ0v) is 13.6. The number of benzene rings is 1. The summed E-state index contributed by atoms with van der Waals surface area (Å²) in [7, 11) is 1.65. The van der Waals surface area contributed by atoms with Gasteiger partial charge in [0.2, 0.25) is 0 Å². The molecule has 0 radical (unpaired) electrons. The van der Waals surface area contributed by atoms with Crippen LogP contribution >= 0.6 is 0 Å². The molecule has 122 valence electrons. The Kier molecular flexibility index (Phi) is 6.41. The van der Waals surface area contributed by atoms with Gasteiger partial charge >= 0.3 is 0 Å². The van der Waals surface area contributed by atoms with Crippen molar-refractivity contribution in [1.82, 2.24) is 10.3 Å². The van der Waals surface area contributed by atoms with Crippen molar-refractivity contribution in [3.05, 3.63) is 53.7 Å². The third-order valence-corrected chi connectivity index (χ3v) is 3.49. The standard InChI is InChI=1S/C18H23N3O2/c1-3-4-10-20-18(22)14-9-11-19-17(12-14)21-13-15-7-5-6-8-16(15)23-2/h5-9,11-12H,3-4,10,13H2,1-2H3,(H,19,21)(H,20,22). The minimum Gasteiger partial charge on any atom is -0.496 e. The number of hydrogen-bond acceptors (Lipinski definition) is 4. The SMILES string of the molecule is CCCCNC(=O)c1ccnc(NCc2ccccc2OC)c1. The second-order valence-electron chi connectivity index (χ2n) is 5.20. The van der Waals surface area contributed by atoms with Crippen LogP contribution in [0.5, 0.6) is 5.75 Å². The van der Waals surface area contributed by atoms with Gasteiger partial charge in [0.15, 0.2) is 0 Å². The number of ether oxygens (including phenoxy) is 1. The van der Waals surface area contributed by atoms with E-state index in [9.17, 15) is 4.79 Å². The van der Waals surface area contributed by atoms with E-state index in [4.69, 9.17) is 4.74 Å². The third-order valence-electron chi connectivity index (χ3n) is 3.49. The van der Waals surface area contributed by atoms with Gasteiger partial charge in [-0.15, -0.1) is 0 Å². The highest BCUT2D eigenvalue weighted by atomic mass is 16.5. The van der Waals surface area contributed by atoms with Crippen LogP contribution in [0.2, 0.25) is 0 Å². The van der Waals surface area contributed by atoms with Gasteiger partial charge in [-0.3, -0.25) is 4.79 Å². The quantitative estimate of drug-likeness (QED) is 0.734. The highest BCUT2D eigenvalue weighted by molar-refractivity contribution is 5.94. The molecule has 5 heteroatoms. The number of anilines is 1. The number of carbonyl (C=O) groups excluding carboxylic acids is 1. The Bertz CT molecular complexity index is 644. The van der Waals surface area contributed by atoms with Crippen molar-refractivity contribution in [2.75, 3.05) is 19.0 Å². The lowest BCUT2D eigenvalue weighted by molar-refractivity contribution is 0.0953. The van der Waals surface area contributed by atoms with E-state index < -0.39 is 0 Å². The van der Waals surface area contributed by atoms with Gasteiger partial charge in [-0.2, -0.15) is 0 Å². The van der Waals surface area contributed by atoms with Gasteiger partial charge in [0.1, 0.15) is 11.6 Å². The number of para-hydroxylation sites is 1. The van der Waals surface area contributed by atoms with Crippen LogP contribution in [0.15, 0.2) is 42.6 Å². The zero-order chi connectivity index (χ0) is 16.5. The topological polar surface area (TPSA) is 63.2 Å². The van der Waals surface area contributed by atoms with Crippen molar-refractivity contribution in [3.63, 3.8) is 0 Å². The van der Waals surface area contributed by atoms with E-state index in [1.165, 1.54) is 0 Å². The first kappa shape index (κ1) is 16.8. The van der Waals surface area contributed by atoms with Gasteiger partial charge < -0.3 is 15.4 Å². The molecule has 0 unspecified atom stereocenters. The Labute approximate surface area is 137 Å². The van der Waals surface area contributed by atoms with Crippen LogP contribution in [0, 0.1) is 0 Å². The van der Waals surface area contributed by atoms with E-state index >= 15 is 0 Å². The fourth-order valence-corrected chi connectivity index (χ4v) is 2.18. The lowest BCUT2D eigenvalue weighted by atomic mass is 10.2. The van der Waals surface area contributed by atoms with Crippen molar-refractivity contribution in [3.8, 4) is 5.75 Å². The highest BCUT2D eigenvalue weighted by Gasteiger charge is 2.07. The highest BCUT2D eigenvalue weighted by Crippen LogP contribution is 2.18. The molecule has 1 heterocycles. The van der Waals surface area contributed by atoms with E-state index in [0.29, 0.717) is 24.5 Å². The first-order chi connectivity index (χ1) is 11.2. The average Bonchev–Trinajstić information content (AvgIpc) is 2.60.